The van der Waals surface area contributed by atoms with Crippen LogP contribution in [0.5, 0.6) is 0 Å². The summed E-state index contributed by atoms with van der Waals surface area (Å²) in [6.45, 7) is 7.80. The molecule has 1 heterocycles. The molecule has 0 aromatic heterocycles. The van der Waals surface area contributed by atoms with E-state index in [0.29, 0.717) is 4.90 Å². The normalized spacial score (nSPS) is 14.6. The molecule has 160 valence electrons. The molecule has 7 heteroatoms. The van der Waals surface area contributed by atoms with Gasteiger partial charge in [0.2, 0.25) is 0 Å². The van der Waals surface area contributed by atoms with Crippen LogP contribution in [-0.4, -0.2) is 27.3 Å². The number of halogens is 2. The van der Waals surface area contributed by atoms with Crippen molar-refractivity contribution in [3.63, 3.8) is 0 Å². The molecule has 0 spiro atoms. The van der Waals surface area contributed by atoms with E-state index in [2.05, 4.69) is 11.4 Å². The van der Waals surface area contributed by atoms with Gasteiger partial charge in [0.25, 0.3) is 0 Å². The Balaban J connectivity index is 0.00000300. The fraction of sp³-hybridized carbons (Fsp3) is 0.455. The van der Waals surface area contributed by atoms with E-state index in [1.807, 2.05) is 39.0 Å². The maximum Gasteiger partial charge on any atom is 0.178 e. The SMILES string of the molecule is CC(C)(C)CS(=O)(=O)c1ccc(CSc2c(Cl)ccc3c2CCNCC3)cc1.Cl. The van der Waals surface area contributed by atoms with Crippen LogP contribution in [0.25, 0.3) is 0 Å². The van der Waals surface area contributed by atoms with Crippen LogP contribution in [-0.2, 0) is 28.4 Å². The Morgan fingerprint density at radius 2 is 1.69 bits per heavy atom. The van der Waals surface area contributed by atoms with Crippen molar-refractivity contribution in [3.05, 3.63) is 58.1 Å². The van der Waals surface area contributed by atoms with Gasteiger partial charge in [-0.1, -0.05) is 50.6 Å². The van der Waals surface area contributed by atoms with Gasteiger partial charge in [-0.05, 0) is 66.2 Å². The number of hydrogen-bond acceptors (Lipinski definition) is 4. The summed E-state index contributed by atoms with van der Waals surface area (Å²) in [4.78, 5) is 1.56. The Morgan fingerprint density at radius 1 is 1.03 bits per heavy atom. The zero-order chi connectivity index (χ0) is 20.4. The van der Waals surface area contributed by atoms with Gasteiger partial charge >= 0.3 is 0 Å². The lowest BCUT2D eigenvalue weighted by atomic mass is 10.0. The predicted octanol–water partition coefficient (Wildman–Crippen LogP) is 5.56. The van der Waals surface area contributed by atoms with Gasteiger partial charge in [0.1, 0.15) is 0 Å². The molecule has 0 atom stereocenters. The van der Waals surface area contributed by atoms with E-state index in [1.54, 1.807) is 23.9 Å². The minimum absolute atomic E-state index is 0. The molecule has 0 fully saturated rings. The van der Waals surface area contributed by atoms with Gasteiger partial charge in [0, 0.05) is 10.6 Å². The lowest BCUT2D eigenvalue weighted by Gasteiger charge is -2.18. The molecule has 2 aromatic carbocycles. The summed E-state index contributed by atoms with van der Waals surface area (Å²) < 4.78 is 25.1. The first kappa shape index (κ1) is 24.5. The first-order chi connectivity index (χ1) is 13.2. The van der Waals surface area contributed by atoms with E-state index in [1.165, 1.54) is 11.1 Å². The number of fused-ring (bicyclic) bond motifs is 1. The summed E-state index contributed by atoms with van der Waals surface area (Å²) >= 11 is 8.24. The lowest BCUT2D eigenvalue weighted by Crippen LogP contribution is -2.20. The molecular weight excluding hydrogens is 445 g/mol. The topological polar surface area (TPSA) is 46.2 Å². The first-order valence-electron chi connectivity index (χ1n) is 9.61. The zero-order valence-electron chi connectivity index (χ0n) is 17.1. The lowest BCUT2D eigenvalue weighted by molar-refractivity contribution is 0.461. The van der Waals surface area contributed by atoms with E-state index in [0.717, 1.165) is 47.2 Å². The largest absolute Gasteiger partial charge is 0.316 e. The molecule has 3 nitrogen and oxygen atoms in total. The van der Waals surface area contributed by atoms with Crippen molar-refractivity contribution < 1.29 is 8.42 Å². The van der Waals surface area contributed by atoms with Crippen molar-refractivity contribution in [2.75, 3.05) is 18.8 Å². The molecule has 0 aliphatic carbocycles. The van der Waals surface area contributed by atoms with Crippen LogP contribution in [0, 0.1) is 5.41 Å². The highest BCUT2D eigenvalue weighted by Gasteiger charge is 2.23. The van der Waals surface area contributed by atoms with E-state index in [-0.39, 0.29) is 23.6 Å². The summed E-state index contributed by atoms with van der Waals surface area (Å²) in [6.07, 6.45) is 2.02. The van der Waals surface area contributed by atoms with E-state index >= 15 is 0 Å². The highest BCUT2D eigenvalue weighted by molar-refractivity contribution is 7.98. The Labute approximate surface area is 190 Å². The molecule has 1 aliphatic rings. The Morgan fingerprint density at radius 3 is 2.34 bits per heavy atom. The fourth-order valence-electron chi connectivity index (χ4n) is 3.47. The molecule has 29 heavy (non-hydrogen) atoms. The number of rotatable bonds is 5. The van der Waals surface area contributed by atoms with Crippen LogP contribution in [0.2, 0.25) is 5.02 Å². The van der Waals surface area contributed by atoms with Crippen molar-refractivity contribution in [2.45, 2.75) is 49.2 Å². The monoisotopic (exact) mass is 473 g/mol. The minimum atomic E-state index is -3.26. The van der Waals surface area contributed by atoms with Gasteiger partial charge < -0.3 is 5.32 Å². The van der Waals surface area contributed by atoms with Gasteiger partial charge in [-0.25, -0.2) is 8.42 Å². The van der Waals surface area contributed by atoms with E-state index < -0.39 is 9.84 Å². The van der Waals surface area contributed by atoms with Crippen molar-refractivity contribution in [1.29, 1.82) is 0 Å². The summed E-state index contributed by atoms with van der Waals surface area (Å²) in [5, 5.41) is 4.24. The van der Waals surface area contributed by atoms with Crippen LogP contribution in [0.1, 0.15) is 37.5 Å². The van der Waals surface area contributed by atoms with Crippen molar-refractivity contribution >= 4 is 45.6 Å². The Kier molecular flexibility index (Phi) is 8.51. The van der Waals surface area contributed by atoms with Gasteiger partial charge in [0.05, 0.1) is 15.7 Å². The first-order valence-corrected chi connectivity index (χ1v) is 12.6. The second-order valence-corrected chi connectivity index (χ2v) is 11.9. The van der Waals surface area contributed by atoms with Crippen LogP contribution in [0.15, 0.2) is 46.2 Å². The van der Waals surface area contributed by atoms with Crippen LogP contribution in [0.4, 0.5) is 0 Å². The van der Waals surface area contributed by atoms with Gasteiger partial charge in [-0.3, -0.25) is 0 Å². The predicted molar refractivity (Wildman–Crippen MR) is 126 cm³/mol. The van der Waals surface area contributed by atoms with Gasteiger partial charge in [0.15, 0.2) is 9.84 Å². The highest BCUT2D eigenvalue weighted by Crippen LogP contribution is 2.36. The molecule has 0 amide bonds. The summed E-state index contributed by atoms with van der Waals surface area (Å²) in [5.74, 6) is 0.914. The molecular formula is C22H29Cl2NO2S2. The molecule has 1 aliphatic heterocycles. The molecule has 3 rings (SSSR count). The van der Waals surface area contributed by atoms with E-state index in [9.17, 15) is 8.42 Å². The molecule has 0 saturated heterocycles. The maximum absolute atomic E-state index is 12.5. The van der Waals surface area contributed by atoms with E-state index in [4.69, 9.17) is 11.6 Å². The smallest absolute Gasteiger partial charge is 0.178 e. The average Bonchev–Trinajstić information content (AvgIpc) is 2.85. The zero-order valence-corrected chi connectivity index (χ0v) is 20.3. The van der Waals surface area contributed by atoms with Crippen molar-refractivity contribution in [3.8, 4) is 0 Å². The third-order valence-electron chi connectivity index (χ3n) is 4.72. The van der Waals surface area contributed by atoms with Gasteiger partial charge in [-0.15, -0.1) is 24.2 Å². The molecule has 1 N–H and O–H groups in total. The Bertz CT molecular complexity index is 937. The quantitative estimate of drug-likeness (QED) is 0.577. The third kappa shape index (κ3) is 6.63. The maximum atomic E-state index is 12.5. The van der Waals surface area contributed by atoms with Gasteiger partial charge in [-0.2, -0.15) is 0 Å². The standard InChI is InChI=1S/C22H28ClNO2S2.ClH/c1-22(2,3)15-28(25,26)18-7-4-16(5-8-18)14-27-21-19-11-13-24-12-10-17(19)6-9-20(21)23;/h4-9,24H,10-15H2,1-3H3;1H. The summed E-state index contributed by atoms with van der Waals surface area (Å²) in [5.41, 5.74) is 3.57. The minimum Gasteiger partial charge on any atom is -0.316 e. The summed E-state index contributed by atoms with van der Waals surface area (Å²) in [6, 6.07) is 11.4. The molecule has 0 unspecified atom stereocenters. The molecule has 0 saturated carbocycles. The highest BCUT2D eigenvalue weighted by atomic mass is 35.5. The number of benzene rings is 2. The molecule has 2 aromatic rings. The van der Waals surface area contributed by atoms with Crippen LogP contribution < -0.4 is 5.32 Å². The van der Waals surface area contributed by atoms with Crippen LogP contribution >= 0.6 is 35.8 Å². The van der Waals surface area contributed by atoms with Crippen molar-refractivity contribution in [1.82, 2.24) is 5.32 Å². The number of hydrogen-bond donors (Lipinski definition) is 1. The number of nitrogens with one attached hydrogen (secondary N) is 1. The van der Waals surface area contributed by atoms with Crippen molar-refractivity contribution in [2.24, 2.45) is 5.41 Å². The second-order valence-electron chi connectivity index (χ2n) is 8.52. The third-order valence-corrected chi connectivity index (χ3v) is 8.62. The molecule has 0 radical (unpaired) electrons. The fourth-order valence-corrected chi connectivity index (χ4v) is 6.78. The summed E-state index contributed by atoms with van der Waals surface area (Å²) in [7, 11) is -3.26. The van der Waals surface area contributed by atoms with Crippen LogP contribution in [0.3, 0.4) is 0 Å². The molecule has 0 bridgehead atoms. The second kappa shape index (κ2) is 10.1. The Hall–Kier alpha value is -0.720. The number of thioether (sulfide) groups is 1. The average molecular weight is 475 g/mol. The number of sulfone groups is 1.